The van der Waals surface area contributed by atoms with Crippen molar-refractivity contribution in [3.8, 4) is 28.1 Å². The first-order valence-electron chi connectivity index (χ1n) is 12.3. The third kappa shape index (κ3) is 4.34. The second-order valence-corrected chi connectivity index (χ2v) is 10.5. The Morgan fingerprint density at radius 1 is 1.13 bits per heavy atom. The lowest BCUT2D eigenvalue weighted by molar-refractivity contribution is 0.0699. The summed E-state index contributed by atoms with van der Waals surface area (Å²) in [6, 6.07) is 17.2. The van der Waals surface area contributed by atoms with Crippen LogP contribution in [0.5, 0.6) is 5.75 Å². The first-order valence-corrected chi connectivity index (χ1v) is 13.1. The molecule has 0 atom stereocenters. The van der Waals surface area contributed by atoms with Crippen LogP contribution in [0, 0.1) is 6.92 Å². The quantitative estimate of drug-likeness (QED) is 0.222. The summed E-state index contributed by atoms with van der Waals surface area (Å²) in [5.74, 6) is 0.965. The van der Waals surface area contributed by atoms with Gasteiger partial charge in [0.1, 0.15) is 23.8 Å². The Morgan fingerprint density at radius 2 is 1.89 bits per heavy atom. The van der Waals surface area contributed by atoms with Gasteiger partial charge in [-0.05, 0) is 66.8 Å². The lowest BCUT2D eigenvalue weighted by atomic mass is 9.99. The summed E-state index contributed by atoms with van der Waals surface area (Å²) in [6.07, 6.45) is 3.77. The molecule has 0 bridgehead atoms. The Balaban J connectivity index is 1.29. The summed E-state index contributed by atoms with van der Waals surface area (Å²) in [5.41, 5.74) is 6.39. The SMILES string of the molecule is Cc1cc(OCc2c(-c3c(Cl)cccc3Cl)noc2C2CC2)ccc1-c1ccc2c(C(=O)O)cn(C)c2c1. The number of carbonyl (C=O) groups is 1. The summed E-state index contributed by atoms with van der Waals surface area (Å²) in [4.78, 5) is 11.6. The molecule has 1 N–H and O–H groups in total. The van der Waals surface area contributed by atoms with Gasteiger partial charge in [-0.3, -0.25) is 0 Å². The molecule has 0 unspecified atom stereocenters. The van der Waals surface area contributed by atoms with Crippen molar-refractivity contribution in [1.82, 2.24) is 9.72 Å². The Bertz CT molecular complexity index is 1700. The predicted octanol–water partition coefficient (Wildman–Crippen LogP) is 8.27. The van der Waals surface area contributed by atoms with Crippen LogP contribution in [0.2, 0.25) is 10.0 Å². The number of hydrogen-bond acceptors (Lipinski definition) is 4. The van der Waals surface area contributed by atoms with Gasteiger partial charge in [-0.2, -0.15) is 0 Å². The molecule has 1 fully saturated rings. The van der Waals surface area contributed by atoms with Crippen LogP contribution in [0.25, 0.3) is 33.3 Å². The molecule has 5 aromatic rings. The Morgan fingerprint density at radius 3 is 2.58 bits per heavy atom. The highest BCUT2D eigenvalue weighted by Crippen LogP contribution is 2.46. The second kappa shape index (κ2) is 9.53. The fraction of sp³-hybridized carbons (Fsp3) is 0.200. The van der Waals surface area contributed by atoms with Crippen LogP contribution in [0.15, 0.2) is 65.3 Å². The van der Waals surface area contributed by atoms with E-state index in [9.17, 15) is 9.90 Å². The average Bonchev–Trinajstić information content (AvgIpc) is 3.57. The number of carboxylic acid groups (broad SMARTS) is 1. The standard InChI is InChI=1S/C30H24Cl2N2O4/c1-16-12-19(9-11-20(16)18-8-10-21-22(30(35)36)14-34(2)26(21)13-18)37-15-23-28(33-38-29(23)17-6-7-17)27-24(31)4-3-5-25(27)32/h3-5,8-14,17H,6-7,15H2,1-2H3,(H,35,36). The molecular weight excluding hydrogens is 523 g/mol. The van der Waals surface area contributed by atoms with Crippen LogP contribution < -0.4 is 4.74 Å². The number of aryl methyl sites for hydroxylation is 2. The first kappa shape index (κ1) is 24.6. The molecule has 192 valence electrons. The van der Waals surface area contributed by atoms with E-state index in [1.54, 1.807) is 24.4 Å². The molecule has 0 aliphatic heterocycles. The number of hydrogen-bond donors (Lipinski definition) is 1. The number of halogens is 2. The van der Waals surface area contributed by atoms with E-state index >= 15 is 0 Å². The molecule has 8 heteroatoms. The Hall–Kier alpha value is -3.74. The highest BCUT2D eigenvalue weighted by Gasteiger charge is 2.33. The topological polar surface area (TPSA) is 77.5 Å². The third-order valence-electron chi connectivity index (χ3n) is 7.08. The fourth-order valence-corrected chi connectivity index (χ4v) is 5.55. The molecule has 0 spiro atoms. The summed E-state index contributed by atoms with van der Waals surface area (Å²) in [6.45, 7) is 2.31. The highest BCUT2D eigenvalue weighted by atomic mass is 35.5. The van der Waals surface area contributed by atoms with E-state index in [2.05, 4.69) is 5.16 Å². The number of rotatable bonds is 7. The van der Waals surface area contributed by atoms with E-state index in [0.29, 0.717) is 32.8 Å². The summed E-state index contributed by atoms with van der Waals surface area (Å²) in [5, 5.41) is 15.6. The van der Waals surface area contributed by atoms with Crippen molar-refractivity contribution in [2.75, 3.05) is 0 Å². The lowest BCUT2D eigenvalue weighted by Gasteiger charge is -2.12. The van der Waals surface area contributed by atoms with Gasteiger partial charge >= 0.3 is 5.97 Å². The normalized spacial score (nSPS) is 13.3. The molecule has 1 saturated carbocycles. The Kier molecular flexibility index (Phi) is 6.17. The van der Waals surface area contributed by atoms with Gasteiger partial charge in [-0.1, -0.05) is 52.6 Å². The molecule has 6 rings (SSSR count). The predicted molar refractivity (Wildman–Crippen MR) is 148 cm³/mol. The maximum absolute atomic E-state index is 11.6. The van der Waals surface area contributed by atoms with E-state index in [-0.39, 0.29) is 6.61 Å². The van der Waals surface area contributed by atoms with Crippen molar-refractivity contribution in [2.45, 2.75) is 32.3 Å². The van der Waals surface area contributed by atoms with Crippen LogP contribution in [-0.2, 0) is 13.7 Å². The third-order valence-corrected chi connectivity index (χ3v) is 7.71. The smallest absolute Gasteiger partial charge is 0.337 e. The maximum Gasteiger partial charge on any atom is 0.337 e. The first-order chi connectivity index (χ1) is 18.3. The molecule has 2 aromatic heterocycles. The zero-order valence-corrected chi connectivity index (χ0v) is 22.3. The van der Waals surface area contributed by atoms with Crippen molar-refractivity contribution < 1.29 is 19.2 Å². The van der Waals surface area contributed by atoms with Gasteiger partial charge in [0, 0.05) is 35.6 Å². The van der Waals surface area contributed by atoms with Gasteiger partial charge in [0.05, 0.1) is 21.2 Å². The van der Waals surface area contributed by atoms with E-state index in [4.69, 9.17) is 32.5 Å². The number of aromatic carboxylic acids is 1. The van der Waals surface area contributed by atoms with Crippen LogP contribution in [0.1, 0.15) is 46.0 Å². The van der Waals surface area contributed by atoms with E-state index in [1.165, 1.54) is 0 Å². The van der Waals surface area contributed by atoms with Crippen LogP contribution >= 0.6 is 23.2 Å². The summed E-state index contributed by atoms with van der Waals surface area (Å²) < 4.78 is 13.8. The van der Waals surface area contributed by atoms with Gasteiger partial charge in [-0.25, -0.2) is 4.79 Å². The molecule has 0 amide bonds. The molecule has 1 aliphatic rings. The minimum absolute atomic E-state index is 0.276. The lowest BCUT2D eigenvalue weighted by Crippen LogP contribution is -2.00. The molecule has 1 aliphatic carbocycles. The summed E-state index contributed by atoms with van der Waals surface area (Å²) in [7, 11) is 1.85. The van der Waals surface area contributed by atoms with Crippen molar-refractivity contribution in [1.29, 1.82) is 0 Å². The minimum Gasteiger partial charge on any atom is -0.489 e. The van der Waals surface area contributed by atoms with Gasteiger partial charge in [-0.15, -0.1) is 0 Å². The van der Waals surface area contributed by atoms with E-state index in [0.717, 1.165) is 57.5 Å². The zero-order chi connectivity index (χ0) is 26.6. The second-order valence-electron chi connectivity index (χ2n) is 9.70. The van der Waals surface area contributed by atoms with E-state index < -0.39 is 5.97 Å². The van der Waals surface area contributed by atoms with Crippen LogP contribution in [0.3, 0.4) is 0 Å². The minimum atomic E-state index is -0.932. The Labute approximate surface area is 229 Å². The van der Waals surface area contributed by atoms with Crippen LogP contribution in [-0.4, -0.2) is 20.8 Å². The largest absolute Gasteiger partial charge is 0.489 e. The number of aromatic nitrogens is 2. The van der Waals surface area contributed by atoms with Gasteiger partial charge in [0.25, 0.3) is 0 Å². The number of fused-ring (bicyclic) bond motifs is 1. The van der Waals surface area contributed by atoms with E-state index in [1.807, 2.05) is 54.9 Å². The van der Waals surface area contributed by atoms with Gasteiger partial charge in [0.2, 0.25) is 0 Å². The average molecular weight is 547 g/mol. The number of nitrogens with zero attached hydrogens (tertiary/aromatic N) is 2. The zero-order valence-electron chi connectivity index (χ0n) is 20.8. The monoisotopic (exact) mass is 546 g/mol. The molecule has 3 aromatic carbocycles. The molecule has 2 heterocycles. The number of benzene rings is 3. The molecule has 6 nitrogen and oxygen atoms in total. The van der Waals surface area contributed by atoms with Gasteiger partial charge in [0.15, 0.2) is 0 Å². The van der Waals surface area contributed by atoms with Crippen molar-refractivity contribution >= 4 is 40.1 Å². The van der Waals surface area contributed by atoms with Crippen LogP contribution in [0.4, 0.5) is 0 Å². The van der Waals surface area contributed by atoms with Crippen molar-refractivity contribution in [3.63, 3.8) is 0 Å². The molecule has 38 heavy (non-hydrogen) atoms. The fourth-order valence-electron chi connectivity index (χ4n) is 4.98. The van der Waals surface area contributed by atoms with Gasteiger partial charge < -0.3 is 18.9 Å². The molecular formula is C30H24Cl2N2O4. The molecule has 0 radical (unpaired) electrons. The molecule has 0 saturated heterocycles. The maximum atomic E-state index is 11.6. The number of ether oxygens (including phenoxy) is 1. The highest BCUT2D eigenvalue weighted by molar-refractivity contribution is 6.39. The van der Waals surface area contributed by atoms with Crippen molar-refractivity contribution in [2.24, 2.45) is 7.05 Å². The number of carboxylic acids is 1. The summed E-state index contributed by atoms with van der Waals surface area (Å²) >= 11 is 13.0. The van der Waals surface area contributed by atoms with Crippen molar-refractivity contribution in [3.05, 3.63) is 93.3 Å².